The molecule has 0 aromatic rings. The summed E-state index contributed by atoms with van der Waals surface area (Å²) in [6, 6.07) is 0. The first-order chi connectivity index (χ1) is 7.74. The lowest BCUT2D eigenvalue weighted by Crippen LogP contribution is -2.37. The summed E-state index contributed by atoms with van der Waals surface area (Å²) in [7, 11) is 2.24. The third-order valence-corrected chi connectivity index (χ3v) is 3.86. The molecule has 3 nitrogen and oxygen atoms in total. The Balaban J connectivity index is 1.65. The summed E-state index contributed by atoms with van der Waals surface area (Å²) in [5.41, 5.74) is 0. The van der Waals surface area contributed by atoms with Gasteiger partial charge in [-0.3, -0.25) is 0 Å². The maximum Gasteiger partial charge on any atom is 0.0706 e. The Morgan fingerprint density at radius 2 is 1.88 bits per heavy atom. The third kappa shape index (κ3) is 3.72. The number of piperidine rings is 1. The fourth-order valence-corrected chi connectivity index (χ4v) is 2.95. The van der Waals surface area contributed by atoms with Crippen LogP contribution in [0.25, 0.3) is 0 Å². The van der Waals surface area contributed by atoms with E-state index in [2.05, 4.69) is 24.2 Å². The van der Waals surface area contributed by atoms with Crippen LogP contribution in [0.1, 0.15) is 32.6 Å². The Bertz CT molecular complexity index is 197. The molecule has 0 amide bonds. The number of nitrogens with zero attached hydrogens (tertiary/aromatic N) is 1. The van der Waals surface area contributed by atoms with Gasteiger partial charge >= 0.3 is 0 Å². The summed E-state index contributed by atoms with van der Waals surface area (Å²) in [5, 5.41) is 3.42. The Morgan fingerprint density at radius 1 is 1.12 bits per heavy atom. The topological polar surface area (TPSA) is 24.5 Å². The summed E-state index contributed by atoms with van der Waals surface area (Å²) in [6.07, 6.45) is 6.14. The van der Waals surface area contributed by atoms with Crippen molar-refractivity contribution in [2.75, 3.05) is 33.2 Å². The van der Waals surface area contributed by atoms with E-state index < -0.39 is 0 Å². The van der Waals surface area contributed by atoms with Crippen LogP contribution in [0.3, 0.4) is 0 Å². The van der Waals surface area contributed by atoms with Gasteiger partial charge in [0.15, 0.2) is 0 Å². The second-order valence-corrected chi connectivity index (χ2v) is 5.56. The zero-order chi connectivity index (χ0) is 11.4. The maximum atomic E-state index is 5.87. The highest BCUT2D eigenvalue weighted by molar-refractivity contribution is 4.76. The number of likely N-dealkylation sites (N-methyl/N-ethyl adjacent to an activating group) is 1. The highest BCUT2D eigenvalue weighted by Gasteiger charge is 2.24. The van der Waals surface area contributed by atoms with Crippen molar-refractivity contribution in [3.8, 4) is 0 Å². The first-order valence-electron chi connectivity index (χ1n) is 6.79. The van der Waals surface area contributed by atoms with Crippen molar-refractivity contribution >= 4 is 0 Å². The SMILES string of the molecule is CC1CCC(CN(C)CC2CCNCC2)O1. The van der Waals surface area contributed by atoms with E-state index in [0.717, 1.165) is 12.5 Å². The zero-order valence-corrected chi connectivity index (χ0v) is 10.7. The van der Waals surface area contributed by atoms with Crippen LogP contribution in [-0.2, 0) is 4.74 Å². The normalized spacial score (nSPS) is 32.4. The molecule has 94 valence electrons. The van der Waals surface area contributed by atoms with Crippen molar-refractivity contribution in [3.63, 3.8) is 0 Å². The van der Waals surface area contributed by atoms with Crippen LogP contribution in [0.5, 0.6) is 0 Å². The van der Waals surface area contributed by atoms with Crippen molar-refractivity contribution in [2.24, 2.45) is 5.92 Å². The molecule has 2 heterocycles. The molecule has 2 fully saturated rings. The summed E-state index contributed by atoms with van der Waals surface area (Å²) < 4.78 is 5.87. The maximum absolute atomic E-state index is 5.87. The van der Waals surface area contributed by atoms with Gasteiger partial charge in [-0.25, -0.2) is 0 Å². The Morgan fingerprint density at radius 3 is 2.50 bits per heavy atom. The number of ether oxygens (including phenoxy) is 1. The van der Waals surface area contributed by atoms with Crippen molar-refractivity contribution in [2.45, 2.75) is 44.8 Å². The first kappa shape index (κ1) is 12.3. The van der Waals surface area contributed by atoms with Crippen LogP contribution >= 0.6 is 0 Å². The summed E-state index contributed by atoms with van der Waals surface area (Å²) >= 11 is 0. The number of rotatable bonds is 4. The predicted molar refractivity (Wildman–Crippen MR) is 66.7 cm³/mol. The molecular weight excluding hydrogens is 200 g/mol. The van der Waals surface area contributed by atoms with Gasteiger partial charge in [0.2, 0.25) is 0 Å². The van der Waals surface area contributed by atoms with E-state index >= 15 is 0 Å². The lowest BCUT2D eigenvalue weighted by atomic mass is 9.97. The molecule has 0 radical (unpaired) electrons. The molecule has 0 spiro atoms. The smallest absolute Gasteiger partial charge is 0.0706 e. The van der Waals surface area contributed by atoms with Crippen LogP contribution in [0.4, 0.5) is 0 Å². The van der Waals surface area contributed by atoms with Gasteiger partial charge < -0.3 is 15.0 Å². The average molecular weight is 226 g/mol. The molecule has 16 heavy (non-hydrogen) atoms. The predicted octanol–water partition coefficient (Wildman–Crippen LogP) is 1.49. The van der Waals surface area contributed by atoms with Gasteiger partial charge in [0, 0.05) is 13.1 Å². The van der Waals surface area contributed by atoms with Crippen LogP contribution in [0.15, 0.2) is 0 Å². The van der Waals surface area contributed by atoms with Crippen molar-refractivity contribution in [3.05, 3.63) is 0 Å². The zero-order valence-electron chi connectivity index (χ0n) is 10.7. The van der Waals surface area contributed by atoms with Gasteiger partial charge in [-0.2, -0.15) is 0 Å². The van der Waals surface area contributed by atoms with Crippen LogP contribution in [0, 0.1) is 5.92 Å². The fraction of sp³-hybridized carbons (Fsp3) is 1.00. The number of hydrogen-bond acceptors (Lipinski definition) is 3. The molecule has 0 aromatic heterocycles. The van der Waals surface area contributed by atoms with Gasteiger partial charge in [0.25, 0.3) is 0 Å². The molecule has 0 saturated carbocycles. The summed E-state index contributed by atoms with van der Waals surface area (Å²) in [4.78, 5) is 2.47. The van der Waals surface area contributed by atoms with Crippen LogP contribution in [-0.4, -0.2) is 50.3 Å². The van der Waals surface area contributed by atoms with E-state index in [1.165, 1.54) is 45.3 Å². The number of nitrogens with one attached hydrogen (secondary N) is 1. The van der Waals surface area contributed by atoms with E-state index in [9.17, 15) is 0 Å². The minimum absolute atomic E-state index is 0.484. The van der Waals surface area contributed by atoms with Gasteiger partial charge in [0.05, 0.1) is 12.2 Å². The molecule has 0 bridgehead atoms. The van der Waals surface area contributed by atoms with Crippen LogP contribution in [0.2, 0.25) is 0 Å². The second-order valence-electron chi connectivity index (χ2n) is 5.56. The first-order valence-corrected chi connectivity index (χ1v) is 6.79. The van der Waals surface area contributed by atoms with Gasteiger partial charge in [0.1, 0.15) is 0 Å². The molecule has 3 heteroatoms. The van der Waals surface area contributed by atoms with E-state index in [0.29, 0.717) is 12.2 Å². The third-order valence-electron chi connectivity index (χ3n) is 3.86. The fourth-order valence-electron chi connectivity index (χ4n) is 2.95. The minimum Gasteiger partial charge on any atom is -0.374 e. The van der Waals surface area contributed by atoms with E-state index in [1.807, 2.05) is 0 Å². The Hall–Kier alpha value is -0.120. The average Bonchev–Trinajstić information content (AvgIpc) is 2.65. The Kier molecular flexibility index (Phi) is 4.62. The highest BCUT2D eigenvalue weighted by atomic mass is 16.5. The van der Waals surface area contributed by atoms with Gasteiger partial charge in [-0.15, -0.1) is 0 Å². The number of hydrogen-bond donors (Lipinski definition) is 1. The van der Waals surface area contributed by atoms with E-state index in [4.69, 9.17) is 4.74 Å². The quantitative estimate of drug-likeness (QED) is 0.786. The molecule has 2 aliphatic heterocycles. The lowest BCUT2D eigenvalue weighted by Gasteiger charge is -2.28. The summed E-state index contributed by atoms with van der Waals surface area (Å²) in [6.45, 7) is 6.96. The van der Waals surface area contributed by atoms with Gasteiger partial charge in [-0.1, -0.05) is 0 Å². The van der Waals surface area contributed by atoms with E-state index in [1.54, 1.807) is 0 Å². The largest absolute Gasteiger partial charge is 0.374 e. The minimum atomic E-state index is 0.484. The summed E-state index contributed by atoms with van der Waals surface area (Å²) in [5.74, 6) is 0.894. The van der Waals surface area contributed by atoms with E-state index in [-0.39, 0.29) is 0 Å². The van der Waals surface area contributed by atoms with Crippen LogP contribution < -0.4 is 5.32 Å². The monoisotopic (exact) mass is 226 g/mol. The molecule has 0 aliphatic carbocycles. The molecule has 1 N–H and O–H groups in total. The Labute approximate surface area is 99.5 Å². The molecule has 2 unspecified atom stereocenters. The lowest BCUT2D eigenvalue weighted by molar-refractivity contribution is 0.0330. The van der Waals surface area contributed by atoms with Crippen molar-refractivity contribution in [1.29, 1.82) is 0 Å². The van der Waals surface area contributed by atoms with Crippen molar-refractivity contribution < 1.29 is 4.74 Å². The standard InChI is InChI=1S/C13H26N2O/c1-11-3-4-13(16-11)10-15(2)9-12-5-7-14-8-6-12/h11-14H,3-10H2,1-2H3. The molecular formula is C13H26N2O. The molecule has 2 rings (SSSR count). The molecule has 2 aliphatic rings. The highest BCUT2D eigenvalue weighted by Crippen LogP contribution is 2.20. The molecule has 0 aromatic carbocycles. The van der Waals surface area contributed by atoms with Gasteiger partial charge in [-0.05, 0) is 58.7 Å². The molecule has 2 saturated heterocycles. The van der Waals surface area contributed by atoms with Crippen molar-refractivity contribution in [1.82, 2.24) is 10.2 Å². The second kappa shape index (κ2) is 5.99. The molecule has 2 atom stereocenters.